The van der Waals surface area contributed by atoms with Crippen LogP contribution in [0.25, 0.3) is 16.6 Å². The predicted molar refractivity (Wildman–Crippen MR) is 110 cm³/mol. The second kappa shape index (κ2) is 6.68. The SMILES string of the molecule is Cc1cc2c(CNC(=O)c3nn(-c4ccccc4)c4c3CCC4)cccc2[nH]1. The standard InChI is InChI=1S/C23H22N4O/c1-15-13-19-16(7-5-11-20(19)25-15)14-24-23(28)22-18-10-6-12-21(18)27(26-22)17-8-3-2-4-9-17/h2-5,7-9,11,13,25H,6,10,12,14H2,1H3,(H,24,28). The van der Waals surface area contributed by atoms with Crippen LogP contribution < -0.4 is 5.32 Å². The first-order chi connectivity index (χ1) is 13.7. The van der Waals surface area contributed by atoms with Crippen LogP contribution in [0.5, 0.6) is 0 Å². The van der Waals surface area contributed by atoms with Gasteiger partial charge in [0, 0.05) is 34.4 Å². The number of carbonyl (C=O) groups is 1. The van der Waals surface area contributed by atoms with Gasteiger partial charge in [-0.25, -0.2) is 4.68 Å². The lowest BCUT2D eigenvalue weighted by Crippen LogP contribution is -2.24. The Hall–Kier alpha value is -3.34. The molecule has 5 heteroatoms. The Balaban J connectivity index is 1.43. The van der Waals surface area contributed by atoms with E-state index in [2.05, 4.69) is 33.6 Å². The molecule has 28 heavy (non-hydrogen) atoms. The summed E-state index contributed by atoms with van der Waals surface area (Å²) in [4.78, 5) is 16.3. The molecule has 0 saturated heterocycles. The number of rotatable bonds is 4. The molecule has 0 fully saturated rings. The van der Waals surface area contributed by atoms with Crippen LogP contribution >= 0.6 is 0 Å². The number of benzene rings is 2. The van der Waals surface area contributed by atoms with Crippen molar-refractivity contribution < 1.29 is 4.79 Å². The molecule has 2 aromatic heterocycles. The molecule has 0 radical (unpaired) electrons. The van der Waals surface area contributed by atoms with Crippen LogP contribution in [0.2, 0.25) is 0 Å². The summed E-state index contributed by atoms with van der Waals surface area (Å²) in [6.45, 7) is 2.53. The number of aromatic nitrogens is 3. The molecule has 0 saturated carbocycles. The van der Waals surface area contributed by atoms with Crippen LogP contribution in [-0.2, 0) is 19.4 Å². The number of hydrogen-bond donors (Lipinski definition) is 2. The topological polar surface area (TPSA) is 62.7 Å². The zero-order chi connectivity index (χ0) is 19.1. The van der Waals surface area contributed by atoms with E-state index in [4.69, 9.17) is 0 Å². The minimum absolute atomic E-state index is 0.0999. The zero-order valence-corrected chi connectivity index (χ0v) is 15.8. The Kier molecular flexibility index (Phi) is 4.01. The van der Waals surface area contributed by atoms with Crippen LogP contribution in [0, 0.1) is 6.92 Å². The van der Waals surface area contributed by atoms with Crippen LogP contribution in [0.15, 0.2) is 54.6 Å². The van der Waals surface area contributed by atoms with Gasteiger partial charge in [-0.1, -0.05) is 30.3 Å². The van der Waals surface area contributed by atoms with Gasteiger partial charge in [0.05, 0.1) is 5.69 Å². The molecule has 0 bridgehead atoms. The summed E-state index contributed by atoms with van der Waals surface area (Å²) in [6.07, 6.45) is 2.95. The van der Waals surface area contributed by atoms with Gasteiger partial charge in [0.15, 0.2) is 5.69 Å². The van der Waals surface area contributed by atoms with Gasteiger partial charge in [-0.05, 0) is 56.0 Å². The number of nitrogens with one attached hydrogen (secondary N) is 2. The summed E-state index contributed by atoms with van der Waals surface area (Å²) in [5.74, 6) is -0.0999. The van der Waals surface area contributed by atoms with Crippen molar-refractivity contribution in [1.29, 1.82) is 0 Å². The normalized spacial score (nSPS) is 13.0. The fourth-order valence-corrected chi connectivity index (χ4v) is 4.17. The Bertz CT molecular complexity index is 1170. The molecular formula is C23H22N4O. The summed E-state index contributed by atoms with van der Waals surface area (Å²) in [6, 6.07) is 18.3. The first-order valence-corrected chi connectivity index (χ1v) is 9.72. The van der Waals surface area contributed by atoms with E-state index in [1.165, 1.54) is 5.69 Å². The number of amides is 1. The molecule has 5 rings (SSSR count). The first-order valence-electron chi connectivity index (χ1n) is 9.72. The highest BCUT2D eigenvalue weighted by molar-refractivity contribution is 5.94. The average Bonchev–Trinajstić information content (AvgIpc) is 3.40. The van der Waals surface area contributed by atoms with Gasteiger partial charge in [-0.2, -0.15) is 5.10 Å². The summed E-state index contributed by atoms with van der Waals surface area (Å²) in [5.41, 5.74) is 7.15. The maximum absolute atomic E-state index is 13.0. The van der Waals surface area contributed by atoms with Crippen molar-refractivity contribution in [3.63, 3.8) is 0 Å². The minimum Gasteiger partial charge on any atom is -0.359 e. The van der Waals surface area contributed by atoms with E-state index >= 15 is 0 Å². The fraction of sp³-hybridized carbons (Fsp3) is 0.217. The number of aryl methyl sites for hydroxylation is 1. The van der Waals surface area contributed by atoms with Crippen LogP contribution in [0.1, 0.15) is 39.4 Å². The molecule has 0 aliphatic heterocycles. The monoisotopic (exact) mass is 370 g/mol. The second-order valence-corrected chi connectivity index (χ2v) is 7.39. The van der Waals surface area contributed by atoms with Crippen molar-refractivity contribution in [2.75, 3.05) is 0 Å². The first kappa shape index (κ1) is 16.8. The van der Waals surface area contributed by atoms with Gasteiger partial charge in [-0.15, -0.1) is 0 Å². The van der Waals surface area contributed by atoms with Crippen molar-refractivity contribution in [1.82, 2.24) is 20.1 Å². The highest BCUT2D eigenvalue weighted by Crippen LogP contribution is 2.28. The van der Waals surface area contributed by atoms with E-state index in [0.717, 1.165) is 52.7 Å². The number of nitrogens with zero attached hydrogens (tertiary/aromatic N) is 2. The third kappa shape index (κ3) is 2.80. The summed E-state index contributed by atoms with van der Waals surface area (Å²) in [7, 11) is 0. The number of hydrogen-bond acceptors (Lipinski definition) is 2. The molecule has 0 atom stereocenters. The van der Waals surface area contributed by atoms with Gasteiger partial charge in [0.25, 0.3) is 5.91 Å². The van der Waals surface area contributed by atoms with Crippen molar-refractivity contribution in [2.45, 2.75) is 32.7 Å². The molecule has 4 aromatic rings. The molecular weight excluding hydrogens is 348 g/mol. The molecule has 5 nitrogen and oxygen atoms in total. The molecule has 2 heterocycles. The highest BCUT2D eigenvalue weighted by Gasteiger charge is 2.26. The lowest BCUT2D eigenvalue weighted by Gasteiger charge is -2.06. The number of fused-ring (bicyclic) bond motifs is 2. The van der Waals surface area contributed by atoms with Crippen molar-refractivity contribution in [3.8, 4) is 5.69 Å². The quantitative estimate of drug-likeness (QED) is 0.569. The largest absolute Gasteiger partial charge is 0.359 e. The van der Waals surface area contributed by atoms with E-state index in [-0.39, 0.29) is 5.91 Å². The lowest BCUT2D eigenvalue weighted by molar-refractivity contribution is 0.0944. The summed E-state index contributed by atoms with van der Waals surface area (Å²) < 4.78 is 1.94. The average molecular weight is 370 g/mol. The van der Waals surface area contributed by atoms with Crippen LogP contribution in [-0.4, -0.2) is 20.7 Å². The molecule has 0 unspecified atom stereocenters. The Labute approximate surface area is 163 Å². The van der Waals surface area contributed by atoms with E-state index in [9.17, 15) is 4.79 Å². The van der Waals surface area contributed by atoms with E-state index in [1.54, 1.807) is 0 Å². The number of para-hydroxylation sites is 1. The third-order valence-corrected chi connectivity index (χ3v) is 5.47. The second-order valence-electron chi connectivity index (χ2n) is 7.39. The molecule has 1 aliphatic carbocycles. The maximum Gasteiger partial charge on any atom is 0.272 e. The number of aromatic amines is 1. The highest BCUT2D eigenvalue weighted by atomic mass is 16.1. The van der Waals surface area contributed by atoms with E-state index in [0.29, 0.717) is 12.2 Å². The third-order valence-electron chi connectivity index (χ3n) is 5.47. The Morgan fingerprint density at radius 2 is 2.00 bits per heavy atom. The fourth-order valence-electron chi connectivity index (χ4n) is 4.17. The molecule has 2 aromatic carbocycles. The Morgan fingerprint density at radius 1 is 1.14 bits per heavy atom. The molecule has 1 amide bonds. The number of H-pyrrole nitrogens is 1. The lowest BCUT2D eigenvalue weighted by atomic mass is 10.1. The maximum atomic E-state index is 13.0. The molecule has 0 spiro atoms. The van der Waals surface area contributed by atoms with Crippen LogP contribution in [0.3, 0.4) is 0 Å². The predicted octanol–water partition coefficient (Wildman–Crippen LogP) is 4.08. The van der Waals surface area contributed by atoms with Crippen LogP contribution in [0.4, 0.5) is 0 Å². The number of carbonyl (C=O) groups excluding carboxylic acids is 1. The Morgan fingerprint density at radius 3 is 2.86 bits per heavy atom. The van der Waals surface area contributed by atoms with Gasteiger partial charge in [-0.3, -0.25) is 4.79 Å². The van der Waals surface area contributed by atoms with Gasteiger partial charge in [0.1, 0.15) is 0 Å². The van der Waals surface area contributed by atoms with E-state index in [1.807, 2.05) is 48.0 Å². The molecule has 2 N–H and O–H groups in total. The zero-order valence-electron chi connectivity index (χ0n) is 15.8. The molecule has 1 aliphatic rings. The van der Waals surface area contributed by atoms with Crippen molar-refractivity contribution in [3.05, 3.63) is 82.8 Å². The minimum atomic E-state index is -0.0999. The summed E-state index contributed by atoms with van der Waals surface area (Å²) >= 11 is 0. The van der Waals surface area contributed by atoms with Gasteiger partial charge in [0.2, 0.25) is 0 Å². The van der Waals surface area contributed by atoms with Crippen molar-refractivity contribution >= 4 is 16.8 Å². The van der Waals surface area contributed by atoms with Gasteiger partial charge >= 0.3 is 0 Å². The smallest absolute Gasteiger partial charge is 0.272 e. The van der Waals surface area contributed by atoms with Crippen molar-refractivity contribution in [2.24, 2.45) is 0 Å². The van der Waals surface area contributed by atoms with E-state index < -0.39 is 0 Å². The summed E-state index contributed by atoms with van der Waals surface area (Å²) in [5, 5.41) is 8.91. The molecule has 140 valence electrons. The van der Waals surface area contributed by atoms with Gasteiger partial charge < -0.3 is 10.3 Å².